The Morgan fingerprint density at radius 2 is 1.75 bits per heavy atom. The Morgan fingerprint density at radius 1 is 1.04 bits per heavy atom. The van der Waals surface area contributed by atoms with Crippen molar-refractivity contribution in [1.82, 2.24) is 0 Å². The average molecular weight is 393 g/mol. The highest BCUT2D eigenvalue weighted by Gasteiger charge is 2.14. The summed E-state index contributed by atoms with van der Waals surface area (Å²) in [6.45, 7) is 8.90. The van der Waals surface area contributed by atoms with Crippen LogP contribution < -0.4 is 4.74 Å². The number of hydrogen-bond acceptors (Lipinski definition) is 1. The van der Waals surface area contributed by atoms with Gasteiger partial charge in [0.05, 0.1) is 6.61 Å². The standard InChI is InChI=1S/C26H29ClO/c1-4-7-11-21(6-3)26(23-14-16-24(17-15-23)28-20-5-2)25(18-19-27)22-12-9-8-10-13-22/h4,6-17H,3,5,18-20H2,1-2H3/b7-4-,21-11+,26-25-. The lowest BCUT2D eigenvalue weighted by atomic mass is 9.87. The third kappa shape index (κ3) is 6.00. The summed E-state index contributed by atoms with van der Waals surface area (Å²) in [5.74, 6) is 1.44. The Labute approximate surface area is 174 Å². The fourth-order valence-electron chi connectivity index (χ4n) is 3.05. The lowest BCUT2D eigenvalue weighted by molar-refractivity contribution is 0.317. The van der Waals surface area contributed by atoms with Gasteiger partial charge in [-0.1, -0.05) is 80.3 Å². The van der Waals surface area contributed by atoms with Gasteiger partial charge in [0, 0.05) is 5.88 Å². The Hall–Kier alpha value is -2.51. The maximum absolute atomic E-state index is 6.20. The summed E-state index contributed by atoms with van der Waals surface area (Å²) in [6.07, 6.45) is 9.84. The van der Waals surface area contributed by atoms with Crippen LogP contribution in [0.5, 0.6) is 5.75 Å². The fraction of sp³-hybridized carbons (Fsp3) is 0.231. The van der Waals surface area contributed by atoms with E-state index in [1.54, 1.807) is 0 Å². The predicted molar refractivity (Wildman–Crippen MR) is 124 cm³/mol. The molecule has 2 aromatic rings. The quantitative estimate of drug-likeness (QED) is 0.228. The van der Waals surface area contributed by atoms with Gasteiger partial charge in [-0.25, -0.2) is 0 Å². The molecule has 2 rings (SSSR count). The van der Waals surface area contributed by atoms with E-state index in [9.17, 15) is 0 Å². The van der Waals surface area contributed by atoms with E-state index in [-0.39, 0.29) is 0 Å². The Kier molecular flexibility index (Phi) is 9.37. The molecule has 0 saturated carbocycles. The number of allylic oxidation sites excluding steroid dienone is 7. The highest BCUT2D eigenvalue weighted by molar-refractivity contribution is 6.18. The number of halogens is 1. The highest BCUT2D eigenvalue weighted by Crippen LogP contribution is 2.36. The topological polar surface area (TPSA) is 9.23 Å². The third-order valence-electron chi connectivity index (χ3n) is 4.36. The highest BCUT2D eigenvalue weighted by atomic mass is 35.5. The number of benzene rings is 2. The second kappa shape index (κ2) is 12.0. The Morgan fingerprint density at radius 3 is 2.32 bits per heavy atom. The minimum Gasteiger partial charge on any atom is -0.494 e. The smallest absolute Gasteiger partial charge is 0.119 e. The molecule has 0 unspecified atom stereocenters. The summed E-state index contributed by atoms with van der Waals surface area (Å²) >= 11 is 6.20. The first-order chi connectivity index (χ1) is 13.7. The minimum absolute atomic E-state index is 0.555. The fourth-order valence-corrected chi connectivity index (χ4v) is 3.24. The van der Waals surface area contributed by atoms with Crippen LogP contribution in [0.15, 0.2) is 91.1 Å². The molecule has 146 valence electrons. The van der Waals surface area contributed by atoms with Gasteiger partial charge in [0.15, 0.2) is 0 Å². The zero-order valence-corrected chi connectivity index (χ0v) is 17.6. The average Bonchev–Trinajstić information content (AvgIpc) is 2.75. The van der Waals surface area contributed by atoms with Crippen molar-refractivity contribution in [2.75, 3.05) is 12.5 Å². The second-order valence-electron chi connectivity index (χ2n) is 6.38. The van der Waals surface area contributed by atoms with Crippen molar-refractivity contribution < 1.29 is 4.74 Å². The molecule has 0 spiro atoms. The summed E-state index contributed by atoms with van der Waals surface area (Å²) in [5, 5.41) is 0. The molecular weight excluding hydrogens is 364 g/mol. The summed E-state index contributed by atoms with van der Waals surface area (Å²) in [7, 11) is 0. The summed E-state index contributed by atoms with van der Waals surface area (Å²) in [4.78, 5) is 0. The molecular formula is C26H29ClO. The van der Waals surface area contributed by atoms with Crippen LogP contribution >= 0.6 is 11.6 Å². The van der Waals surface area contributed by atoms with E-state index in [1.165, 1.54) is 11.1 Å². The van der Waals surface area contributed by atoms with E-state index in [4.69, 9.17) is 16.3 Å². The van der Waals surface area contributed by atoms with Gasteiger partial charge in [-0.15, -0.1) is 11.6 Å². The number of alkyl halides is 1. The number of hydrogen-bond donors (Lipinski definition) is 0. The van der Waals surface area contributed by atoms with Crippen molar-refractivity contribution >= 4 is 22.7 Å². The molecule has 0 aliphatic heterocycles. The third-order valence-corrected chi connectivity index (χ3v) is 4.55. The van der Waals surface area contributed by atoms with Crippen LogP contribution in [0.4, 0.5) is 0 Å². The monoisotopic (exact) mass is 392 g/mol. The van der Waals surface area contributed by atoms with E-state index in [1.807, 2.05) is 43.4 Å². The van der Waals surface area contributed by atoms with Crippen LogP contribution in [0.25, 0.3) is 11.1 Å². The first-order valence-electron chi connectivity index (χ1n) is 9.78. The van der Waals surface area contributed by atoms with E-state index in [2.05, 4.69) is 56.0 Å². The normalized spacial score (nSPS) is 12.8. The van der Waals surface area contributed by atoms with Crippen molar-refractivity contribution in [3.63, 3.8) is 0 Å². The zero-order chi connectivity index (χ0) is 20.2. The van der Waals surface area contributed by atoms with Gasteiger partial charge in [0.1, 0.15) is 5.75 Å². The molecule has 2 heteroatoms. The van der Waals surface area contributed by atoms with Gasteiger partial charge in [0.25, 0.3) is 0 Å². The van der Waals surface area contributed by atoms with Gasteiger partial charge in [-0.3, -0.25) is 0 Å². The summed E-state index contributed by atoms with van der Waals surface area (Å²) in [6, 6.07) is 18.7. The summed E-state index contributed by atoms with van der Waals surface area (Å²) < 4.78 is 5.75. The first-order valence-corrected chi connectivity index (χ1v) is 10.3. The molecule has 0 fully saturated rings. The molecule has 28 heavy (non-hydrogen) atoms. The number of rotatable bonds is 10. The molecule has 0 saturated heterocycles. The number of ether oxygens (including phenoxy) is 1. The zero-order valence-electron chi connectivity index (χ0n) is 16.8. The van der Waals surface area contributed by atoms with Crippen LogP contribution in [0.2, 0.25) is 0 Å². The maximum atomic E-state index is 6.20. The van der Waals surface area contributed by atoms with Crippen molar-refractivity contribution in [3.05, 3.63) is 102 Å². The van der Waals surface area contributed by atoms with E-state index >= 15 is 0 Å². The maximum Gasteiger partial charge on any atom is 0.119 e. The molecule has 2 aromatic carbocycles. The lowest BCUT2D eigenvalue weighted by Crippen LogP contribution is -1.98. The van der Waals surface area contributed by atoms with Crippen LogP contribution in [-0.2, 0) is 0 Å². The lowest BCUT2D eigenvalue weighted by Gasteiger charge is -2.18. The SMILES string of the molecule is C=CC(=C\C=C/C)/C(=C(\CCCl)c1ccccc1)c1ccc(OCCC)cc1. The van der Waals surface area contributed by atoms with Crippen LogP contribution in [0.3, 0.4) is 0 Å². The van der Waals surface area contributed by atoms with Crippen molar-refractivity contribution in [2.24, 2.45) is 0 Å². The van der Waals surface area contributed by atoms with Gasteiger partial charge in [0.2, 0.25) is 0 Å². The minimum atomic E-state index is 0.555. The molecule has 0 amide bonds. The Balaban J connectivity index is 2.66. The molecule has 0 atom stereocenters. The van der Waals surface area contributed by atoms with Crippen molar-refractivity contribution in [1.29, 1.82) is 0 Å². The van der Waals surface area contributed by atoms with Crippen LogP contribution in [0, 0.1) is 0 Å². The molecule has 1 nitrogen and oxygen atoms in total. The first kappa shape index (κ1) is 21.8. The van der Waals surface area contributed by atoms with Crippen molar-refractivity contribution in [3.8, 4) is 5.75 Å². The molecule has 0 bridgehead atoms. The summed E-state index contributed by atoms with van der Waals surface area (Å²) in [5.41, 5.74) is 5.75. The molecule has 0 aromatic heterocycles. The predicted octanol–water partition coefficient (Wildman–Crippen LogP) is 7.70. The van der Waals surface area contributed by atoms with Crippen LogP contribution in [-0.4, -0.2) is 12.5 Å². The van der Waals surface area contributed by atoms with Gasteiger partial charge >= 0.3 is 0 Å². The molecule has 0 aliphatic carbocycles. The van der Waals surface area contributed by atoms with Crippen molar-refractivity contribution in [2.45, 2.75) is 26.7 Å². The van der Waals surface area contributed by atoms with Gasteiger partial charge in [-0.2, -0.15) is 0 Å². The Bertz CT molecular complexity index is 826. The van der Waals surface area contributed by atoms with E-state index < -0.39 is 0 Å². The van der Waals surface area contributed by atoms with E-state index in [0.29, 0.717) is 5.88 Å². The molecule has 0 aliphatic rings. The van der Waals surface area contributed by atoms with Crippen LogP contribution in [0.1, 0.15) is 37.8 Å². The molecule has 0 heterocycles. The molecule has 0 radical (unpaired) electrons. The molecule has 0 N–H and O–H groups in total. The van der Waals surface area contributed by atoms with Gasteiger partial charge < -0.3 is 4.74 Å². The largest absolute Gasteiger partial charge is 0.494 e. The van der Waals surface area contributed by atoms with Gasteiger partial charge in [-0.05, 0) is 59.7 Å². The second-order valence-corrected chi connectivity index (χ2v) is 6.76. The van der Waals surface area contributed by atoms with E-state index in [0.717, 1.165) is 41.9 Å².